The summed E-state index contributed by atoms with van der Waals surface area (Å²) >= 11 is 0. The summed E-state index contributed by atoms with van der Waals surface area (Å²) in [6.07, 6.45) is 2.07. The van der Waals surface area contributed by atoms with Crippen molar-refractivity contribution < 1.29 is 23.2 Å². The zero-order valence-corrected chi connectivity index (χ0v) is 15.6. The fourth-order valence-electron chi connectivity index (χ4n) is 2.37. The first-order valence-electron chi connectivity index (χ1n) is 8.76. The lowest BCUT2D eigenvalue weighted by molar-refractivity contribution is -0.146. The topological polar surface area (TPSA) is 107 Å². The van der Waals surface area contributed by atoms with Crippen molar-refractivity contribution in [2.24, 2.45) is 11.7 Å². The summed E-state index contributed by atoms with van der Waals surface area (Å²) in [5.41, 5.74) is 6.94. The van der Waals surface area contributed by atoms with Crippen LogP contribution < -0.4 is 11.1 Å². The Morgan fingerprint density at radius 3 is 2.74 bits per heavy atom. The van der Waals surface area contributed by atoms with Crippen molar-refractivity contribution in [1.29, 1.82) is 0 Å². The second-order valence-electron chi connectivity index (χ2n) is 6.59. The number of carbonyl (C=O) groups excluding carboxylic acids is 2. The highest BCUT2D eigenvalue weighted by molar-refractivity contribution is 5.95. The van der Waals surface area contributed by atoms with E-state index < -0.39 is 23.7 Å². The number of benzene rings is 1. The molecule has 1 aromatic carbocycles. The minimum atomic E-state index is -0.995. The van der Waals surface area contributed by atoms with E-state index in [0.717, 1.165) is 6.07 Å². The molecule has 7 nitrogen and oxygen atoms in total. The van der Waals surface area contributed by atoms with Crippen LogP contribution in [0.15, 0.2) is 28.9 Å². The van der Waals surface area contributed by atoms with E-state index in [9.17, 15) is 14.0 Å². The summed E-state index contributed by atoms with van der Waals surface area (Å²) in [4.78, 5) is 24.1. The molecule has 0 unspecified atom stereocenters. The van der Waals surface area contributed by atoms with Crippen LogP contribution in [-0.4, -0.2) is 36.2 Å². The molecule has 1 aromatic heterocycles. The average Bonchev–Trinajstić information content (AvgIpc) is 3.12. The molecule has 146 valence electrons. The Morgan fingerprint density at radius 1 is 1.33 bits per heavy atom. The van der Waals surface area contributed by atoms with Gasteiger partial charge in [-0.05, 0) is 29.7 Å². The normalized spacial score (nSPS) is 12.1. The van der Waals surface area contributed by atoms with Gasteiger partial charge in [0.05, 0.1) is 12.8 Å². The summed E-state index contributed by atoms with van der Waals surface area (Å²) in [5, 5.41) is 6.24. The smallest absolute Gasteiger partial charge is 0.324 e. The summed E-state index contributed by atoms with van der Waals surface area (Å²) in [5.74, 6) is -0.923. The first-order valence-corrected chi connectivity index (χ1v) is 8.76. The third kappa shape index (κ3) is 5.62. The molecule has 0 saturated carbocycles. The van der Waals surface area contributed by atoms with Crippen LogP contribution >= 0.6 is 0 Å². The molecule has 8 heteroatoms. The number of nitrogens with zero attached hydrogens (tertiary/aromatic N) is 1. The quantitative estimate of drug-likeness (QED) is 0.684. The van der Waals surface area contributed by atoms with Crippen molar-refractivity contribution in [3.63, 3.8) is 0 Å². The van der Waals surface area contributed by atoms with Crippen LogP contribution in [0.2, 0.25) is 0 Å². The third-order valence-electron chi connectivity index (χ3n) is 3.78. The standard InChI is InChI=1S/C19H24FN3O4/c1-4-17-15(8-23-27-17)12-5-13(7-14(20)6-12)18(24)22-9-16(21)19(25)26-10-11(2)3/h5-8,11,16H,4,9-10,21H2,1-3H3,(H,22,24)/t16-/m1/s1. The van der Waals surface area contributed by atoms with E-state index in [4.69, 9.17) is 15.0 Å². The van der Waals surface area contributed by atoms with Crippen LogP contribution in [0.25, 0.3) is 11.1 Å². The molecule has 1 atom stereocenters. The molecule has 0 aliphatic rings. The second kappa shape index (κ2) is 9.27. The molecule has 0 aliphatic heterocycles. The molecular weight excluding hydrogens is 353 g/mol. The van der Waals surface area contributed by atoms with Crippen LogP contribution in [0.3, 0.4) is 0 Å². The first-order chi connectivity index (χ1) is 12.8. The van der Waals surface area contributed by atoms with Crippen molar-refractivity contribution in [2.75, 3.05) is 13.2 Å². The number of aryl methyl sites for hydroxylation is 1. The number of carbonyl (C=O) groups is 2. The van der Waals surface area contributed by atoms with E-state index in [1.54, 1.807) is 0 Å². The summed E-state index contributed by atoms with van der Waals surface area (Å²) in [6.45, 7) is 5.83. The minimum Gasteiger partial charge on any atom is -0.464 e. The van der Waals surface area contributed by atoms with Crippen molar-refractivity contribution in [2.45, 2.75) is 33.2 Å². The number of halogens is 1. The highest BCUT2D eigenvalue weighted by Crippen LogP contribution is 2.26. The second-order valence-corrected chi connectivity index (χ2v) is 6.59. The number of nitrogens with one attached hydrogen (secondary N) is 1. The van der Waals surface area contributed by atoms with Gasteiger partial charge >= 0.3 is 5.97 Å². The molecule has 2 aromatic rings. The van der Waals surface area contributed by atoms with E-state index in [1.165, 1.54) is 18.3 Å². The predicted molar refractivity (Wildman–Crippen MR) is 97.4 cm³/mol. The molecular formula is C19H24FN3O4. The highest BCUT2D eigenvalue weighted by Gasteiger charge is 2.18. The van der Waals surface area contributed by atoms with E-state index in [2.05, 4.69) is 10.5 Å². The fraction of sp³-hybridized carbons (Fsp3) is 0.421. The van der Waals surface area contributed by atoms with E-state index in [0.29, 0.717) is 23.3 Å². The lowest BCUT2D eigenvalue weighted by Crippen LogP contribution is -2.43. The Balaban J connectivity index is 2.05. The van der Waals surface area contributed by atoms with Gasteiger partial charge in [0.25, 0.3) is 5.91 Å². The Hall–Kier alpha value is -2.74. The number of nitrogens with two attached hydrogens (primary N) is 1. The lowest BCUT2D eigenvalue weighted by Gasteiger charge is -2.14. The number of esters is 1. The van der Waals surface area contributed by atoms with Gasteiger partial charge in [0.1, 0.15) is 17.6 Å². The van der Waals surface area contributed by atoms with E-state index in [-0.39, 0.29) is 24.6 Å². The Kier molecular flexibility index (Phi) is 7.06. The van der Waals surface area contributed by atoms with Crippen molar-refractivity contribution >= 4 is 11.9 Å². The van der Waals surface area contributed by atoms with Crippen molar-refractivity contribution in [3.8, 4) is 11.1 Å². The molecule has 0 bridgehead atoms. The van der Waals surface area contributed by atoms with Gasteiger partial charge in [0.2, 0.25) is 0 Å². The largest absolute Gasteiger partial charge is 0.464 e. The van der Waals surface area contributed by atoms with Gasteiger partial charge in [-0.3, -0.25) is 9.59 Å². The number of rotatable bonds is 8. The molecule has 3 N–H and O–H groups in total. The molecule has 2 rings (SSSR count). The van der Waals surface area contributed by atoms with Gasteiger partial charge in [0.15, 0.2) is 0 Å². The Morgan fingerprint density at radius 2 is 2.07 bits per heavy atom. The number of amides is 1. The molecule has 0 radical (unpaired) electrons. The summed E-state index contributed by atoms with van der Waals surface area (Å²) in [7, 11) is 0. The van der Waals surface area contributed by atoms with Gasteiger partial charge in [0, 0.05) is 24.1 Å². The van der Waals surface area contributed by atoms with Gasteiger partial charge < -0.3 is 20.3 Å². The van der Waals surface area contributed by atoms with E-state index in [1.807, 2.05) is 20.8 Å². The molecule has 0 saturated heterocycles. The maximum atomic E-state index is 14.0. The molecule has 1 heterocycles. The molecule has 27 heavy (non-hydrogen) atoms. The number of aromatic nitrogens is 1. The van der Waals surface area contributed by atoms with Crippen LogP contribution in [0.1, 0.15) is 36.9 Å². The molecule has 0 fully saturated rings. The van der Waals surface area contributed by atoms with Gasteiger partial charge in [-0.25, -0.2) is 4.39 Å². The number of ether oxygens (including phenoxy) is 1. The van der Waals surface area contributed by atoms with Crippen molar-refractivity contribution in [3.05, 3.63) is 41.5 Å². The Bertz CT molecular complexity index is 804. The number of hydrogen-bond donors (Lipinski definition) is 2. The summed E-state index contributed by atoms with van der Waals surface area (Å²) in [6, 6.07) is 2.95. The van der Waals surface area contributed by atoms with Crippen LogP contribution in [0, 0.1) is 11.7 Å². The fourth-order valence-corrected chi connectivity index (χ4v) is 2.37. The lowest BCUT2D eigenvalue weighted by atomic mass is 10.0. The molecule has 0 aliphatic carbocycles. The third-order valence-corrected chi connectivity index (χ3v) is 3.78. The van der Waals surface area contributed by atoms with Crippen LogP contribution in [0.5, 0.6) is 0 Å². The zero-order valence-electron chi connectivity index (χ0n) is 15.6. The molecule has 0 spiro atoms. The van der Waals surface area contributed by atoms with Gasteiger partial charge in [-0.15, -0.1) is 0 Å². The van der Waals surface area contributed by atoms with Crippen LogP contribution in [-0.2, 0) is 16.0 Å². The summed E-state index contributed by atoms with van der Waals surface area (Å²) < 4.78 is 24.1. The maximum absolute atomic E-state index is 14.0. The van der Waals surface area contributed by atoms with E-state index >= 15 is 0 Å². The van der Waals surface area contributed by atoms with Crippen LogP contribution in [0.4, 0.5) is 4.39 Å². The molecule has 1 amide bonds. The first kappa shape index (κ1) is 20.6. The Labute approximate surface area is 157 Å². The monoisotopic (exact) mass is 377 g/mol. The van der Waals surface area contributed by atoms with Gasteiger partial charge in [-0.2, -0.15) is 0 Å². The maximum Gasteiger partial charge on any atom is 0.324 e. The average molecular weight is 377 g/mol. The predicted octanol–water partition coefficient (Wildman–Crippen LogP) is 2.30. The van der Waals surface area contributed by atoms with Gasteiger partial charge in [-0.1, -0.05) is 25.9 Å². The van der Waals surface area contributed by atoms with Crippen molar-refractivity contribution in [1.82, 2.24) is 10.5 Å². The zero-order chi connectivity index (χ0) is 20.0. The highest BCUT2D eigenvalue weighted by atomic mass is 19.1. The number of hydrogen-bond acceptors (Lipinski definition) is 6. The SMILES string of the molecule is CCc1oncc1-c1cc(F)cc(C(=O)NC[C@@H](N)C(=O)OCC(C)C)c1. The minimum absolute atomic E-state index is 0.107.